The molecule has 0 amide bonds. The summed E-state index contributed by atoms with van der Waals surface area (Å²) in [4.78, 5) is 46.2. The number of carbonyl (C=O) groups is 3. The lowest BCUT2D eigenvalue weighted by Gasteiger charge is -2.20. The first-order valence-corrected chi connectivity index (χ1v) is 26.3. The van der Waals surface area contributed by atoms with E-state index in [0.717, 1.165) is 83.5 Å². The summed E-state index contributed by atoms with van der Waals surface area (Å²) in [5.74, 6) is -2.39. The maximum atomic E-state index is 12.7. The van der Waals surface area contributed by atoms with Crippen LogP contribution in [0.2, 0.25) is 0 Å². The van der Waals surface area contributed by atoms with Gasteiger partial charge < -0.3 is 25.2 Å². The molecule has 0 saturated heterocycles. The number of hydrogen-bond acceptors (Lipinski definition) is 9. The molecule has 0 radical (unpaired) electrons. The van der Waals surface area contributed by atoms with E-state index in [-0.39, 0.29) is 19.4 Å². The maximum absolute atomic E-state index is 12.7. The van der Waals surface area contributed by atoms with Crippen LogP contribution < -0.4 is 5.73 Å². The third-order valence-electron chi connectivity index (χ3n) is 10.5. The van der Waals surface area contributed by atoms with Crippen molar-refractivity contribution in [2.75, 3.05) is 19.8 Å². The van der Waals surface area contributed by atoms with Crippen LogP contribution >= 0.6 is 7.82 Å². The summed E-state index contributed by atoms with van der Waals surface area (Å²) in [6.07, 6.45) is 54.2. The smallest absolute Gasteiger partial charge is 0.472 e. The molecule has 0 aliphatic heterocycles. The summed E-state index contributed by atoms with van der Waals surface area (Å²) in [7, 11) is -4.73. The van der Waals surface area contributed by atoms with E-state index < -0.39 is 51.1 Å². The lowest BCUT2D eigenvalue weighted by Crippen LogP contribution is -2.34. The first-order chi connectivity index (χ1) is 30.6. The monoisotopic (exact) mass is 908 g/mol. The van der Waals surface area contributed by atoms with Crippen molar-refractivity contribution in [1.29, 1.82) is 0 Å². The van der Waals surface area contributed by atoms with Crippen molar-refractivity contribution in [1.82, 2.24) is 0 Å². The van der Waals surface area contributed by atoms with Gasteiger partial charge in [0.15, 0.2) is 6.10 Å². The van der Waals surface area contributed by atoms with Gasteiger partial charge >= 0.3 is 25.7 Å². The number of carboxylic acid groups (broad SMARTS) is 1. The number of ether oxygens (including phenoxy) is 2. The molecule has 4 N–H and O–H groups in total. The van der Waals surface area contributed by atoms with Crippen molar-refractivity contribution in [3.63, 3.8) is 0 Å². The highest BCUT2D eigenvalue weighted by Gasteiger charge is 2.28. The Labute approximate surface area is 383 Å². The minimum atomic E-state index is -4.73. The highest BCUT2D eigenvalue weighted by molar-refractivity contribution is 7.47. The van der Waals surface area contributed by atoms with E-state index in [2.05, 4.69) is 79.1 Å². The van der Waals surface area contributed by atoms with E-state index in [1.165, 1.54) is 89.9 Å². The number of hydrogen-bond donors (Lipinski definition) is 3. The molecule has 0 aromatic heterocycles. The van der Waals surface area contributed by atoms with E-state index in [0.29, 0.717) is 12.8 Å². The van der Waals surface area contributed by atoms with Gasteiger partial charge in [-0.1, -0.05) is 184 Å². The molecule has 0 aromatic rings. The number of carbonyl (C=O) groups excluding carboxylic acids is 2. The second-order valence-electron chi connectivity index (χ2n) is 16.6. The SMILES string of the molecule is CC/C=C\C/C=C\C/C=C\C/C=C\CCCCCCCCCCC(=O)OC(COC(=O)CCCCCCCCC/C=C\CCCCCCCCC)COP(=O)(O)OCC(N)C(=O)O. The Morgan fingerprint density at radius 3 is 1.35 bits per heavy atom. The van der Waals surface area contributed by atoms with E-state index >= 15 is 0 Å². The highest BCUT2D eigenvalue weighted by Crippen LogP contribution is 2.43. The van der Waals surface area contributed by atoms with E-state index in [1.807, 2.05) is 0 Å². The van der Waals surface area contributed by atoms with Gasteiger partial charge in [-0.05, 0) is 77.0 Å². The Kier molecular flexibility index (Phi) is 43.7. The van der Waals surface area contributed by atoms with Crippen molar-refractivity contribution >= 4 is 25.7 Å². The molecule has 0 aliphatic carbocycles. The molecule has 0 aromatic carbocycles. The summed E-state index contributed by atoms with van der Waals surface area (Å²) in [5.41, 5.74) is 5.35. The molecule has 11 nitrogen and oxygen atoms in total. The third-order valence-corrected chi connectivity index (χ3v) is 11.5. The average Bonchev–Trinajstić information content (AvgIpc) is 3.26. The number of rotatable bonds is 46. The summed E-state index contributed by atoms with van der Waals surface area (Å²) in [6.45, 7) is 2.70. The number of unbranched alkanes of at least 4 members (excludes halogenated alkanes) is 22. The molecule has 12 heteroatoms. The molecule has 0 bridgehead atoms. The van der Waals surface area contributed by atoms with E-state index in [4.69, 9.17) is 24.8 Å². The largest absolute Gasteiger partial charge is 0.480 e. The minimum absolute atomic E-state index is 0.149. The zero-order valence-corrected chi connectivity index (χ0v) is 40.5. The summed E-state index contributed by atoms with van der Waals surface area (Å²) in [6, 6.07) is -1.53. The number of nitrogens with two attached hydrogens (primary N) is 1. The first-order valence-electron chi connectivity index (χ1n) is 24.8. The molecule has 63 heavy (non-hydrogen) atoms. The minimum Gasteiger partial charge on any atom is -0.480 e. The fourth-order valence-electron chi connectivity index (χ4n) is 6.64. The average molecular weight is 908 g/mol. The van der Waals surface area contributed by atoms with Crippen LogP contribution in [0.4, 0.5) is 0 Å². The van der Waals surface area contributed by atoms with Crippen LogP contribution in [0.25, 0.3) is 0 Å². The Morgan fingerprint density at radius 2 is 0.889 bits per heavy atom. The van der Waals surface area contributed by atoms with Crippen molar-refractivity contribution in [3.8, 4) is 0 Å². The van der Waals surface area contributed by atoms with Gasteiger partial charge in [0.2, 0.25) is 0 Å². The van der Waals surface area contributed by atoms with Crippen molar-refractivity contribution in [3.05, 3.63) is 60.8 Å². The maximum Gasteiger partial charge on any atom is 0.472 e. The molecule has 0 aliphatic rings. The zero-order valence-electron chi connectivity index (χ0n) is 39.7. The van der Waals surface area contributed by atoms with Gasteiger partial charge in [-0.25, -0.2) is 4.57 Å². The van der Waals surface area contributed by atoms with Gasteiger partial charge in [0, 0.05) is 12.8 Å². The van der Waals surface area contributed by atoms with Crippen LogP contribution in [0.15, 0.2) is 60.8 Å². The van der Waals surface area contributed by atoms with Gasteiger partial charge in [0.05, 0.1) is 13.2 Å². The van der Waals surface area contributed by atoms with Crippen molar-refractivity contribution in [2.45, 2.75) is 225 Å². The molecule has 0 heterocycles. The third kappa shape index (κ3) is 45.5. The quantitative estimate of drug-likeness (QED) is 0.0230. The van der Waals surface area contributed by atoms with Crippen LogP contribution in [0, 0.1) is 0 Å². The number of phosphoric acid groups is 1. The van der Waals surface area contributed by atoms with Crippen LogP contribution in [0.1, 0.15) is 213 Å². The van der Waals surface area contributed by atoms with E-state index in [9.17, 15) is 23.8 Å². The lowest BCUT2D eigenvalue weighted by molar-refractivity contribution is -0.161. The molecular weight excluding hydrogens is 818 g/mol. The Hall–Kier alpha value is -2.82. The number of esters is 2. The molecule has 0 rings (SSSR count). The molecule has 0 saturated carbocycles. The predicted octanol–water partition coefficient (Wildman–Crippen LogP) is 13.9. The molecule has 0 spiro atoms. The van der Waals surface area contributed by atoms with Gasteiger partial charge in [0.1, 0.15) is 12.6 Å². The van der Waals surface area contributed by atoms with E-state index in [1.54, 1.807) is 0 Å². The number of aliphatic carboxylic acids is 1. The van der Waals surface area contributed by atoms with Gasteiger partial charge in [-0.15, -0.1) is 0 Å². The first kappa shape index (κ1) is 60.2. The topological polar surface area (TPSA) is 172 Å². The molecule has 3 unspecified atom stereocenters. The normalized spacial score (nSPS) is 14.1. The standard InChI is InChI=1S/C51H90NO10P/c1-3-5-7-9-11-13-15-17-19-21-23-24-25-27-29-31-33-35-37-39-41-43-50(54)62-47(45-60-63(57,58)61-46-48(52)51(55)56)44-59-49(53)42-40-38-36-34-32-30-28-26-22-20-18-16-14-12-10-8-6-4-2/h5,7,11,13,17,19-20,22-24,47-48H,3-4,6,8-10,12,14-16,18,21,25-46,52H2,1-2H3,(H,55,56)(H,57,58)/b7-5-,13-11-,19-17-,22-20-,24-23-. The van der Waals surface area contributed by atoms with Gasteiger partial charge in [-0.2, -0.15) is 0 Å². The molecule has 3 atom stereocenters. The van der Waals surface area contributed by atoms with Crippen LogP contribution in [-0.4, -0.2) is 59.9 Å². The molecule has 364 valence electrons. The van der Waals surface area contributed by atoms with Crippen molar-refractivity contribution in [2.24, 2.45) is 5.73 Å². The summed E-state index contributed by atoms with van der Waals surface area (Å²) in [5, 5.41) is 8.92. The Morgan fingerprint density at radius 1 is 0.508 bits per heavy atom. The zero-order chi connectivity index (χ0) is 46.3. The second kappa shape index (κ2) is 45.7. The fourth-order valence-corrected chi connectivity index (χ4v) is 7.42. The summed E-state index contributed by atoms with van der Waals surface area (Å²) < 4.78 is 32.8. The van der Waals surface area contributed by atoms with Crippen LogP contribution in [0.5, 0.6) is 0 Å². The Bertz CT molecular complexity index is 1300. The van der Waals surface area contributed by atoms with Crippen LogP contribution in [-0.2, 0) is 37.5 Å². The van der Waals surface area contributed by atoms with Gasteiger partial charge in [0.25, 0.3) is 0 Å². The lowest BCUT2D eigenvalue weighted by atomic mass is 10.1. The number of carboxylic acids is 1. The number of phosphoric ester groups is 1. The second-order valence-corrected chi connectivity index (χ2v) is 18.0. The summed E-state index contributed by atoms with van der Waals surface area (Å²) >= 11 is 0. The molecular formula is C51H90NO10P. The van der Waals surface area contributed by atoms with Crippen molar-refractivity contribution < 1.29 is 47.5 Å². The predicted molar refractivity (Wildman–Crippen MR) is 258 cm³/mol. The van der Waals surface area contributed by atoms with Crippen LogP contribution in [0.3, 0.4) is 0 Å². The molecule has 0 fully saturated rings. The van der Waals surface area contributed by atoms with Gasteiger partial charge in [-0.3, -0.25) is 23.4 Å². The number of allylic oxidation sites excluding steroid dienone is 10. The highest BCUT2D eigenvalue weighted by atomic mass is 31.2. The Balaban J connectivity index is 4.30. The fraction of sp³-hybridized carbons (Fsp3) is 0.745.